The predicted octanol–water partition coefficient (Wildman–Crippen LogP) is 6.62. The van der Waals surface area contributed by atoms with Crippen LogP contribution >= 0.6 is 0 Å². The summed E-state index contributed by atoms with van der Waals surface area (Å²) in [6.07, 6.45) is 10.2. The summed E-state index contributed by atoms with van der Waals surface area (Å²) in [6, 6.07) is 9.68. The maximum absolute atomic E-state index is 12.0. The van der Waals surface area contributed by atoms with Crippen molar-refractivity contribution < 1.29 is 21.7 Å². The molecule has 9 heteroatoms. The molecule has 0 radical (unpaired) electrons. The Morgan fingerprint density at radius 2 is 1.35 bits per heavy atom. The van der Waals surface area contributed by atoms with E-state index in [-0.39, 0.29) is 10.9 Å². The number of unbranched alkanes of at least 4 members (excludes halogenated alkanes) is 5. The minimum atomic E-state index is -11.2. The first-order valence-electron chi connectivity index (χ1n) is 8.43. The van der Waals surface area contributed by atoms with E-state index >= 15 is 0 Å². The monoisotopic (exact) mass is 514 g/mol. The third kappa shape index (κ3) is 21.7. The molecule has 0 spiro atoms. The fraction of sp³-hybridized carbons (Fsp3) is 0.588. The molecule has 1 rings (SSSR count). The normalized spacial score (nSPS) is 15.2. The topological polar surface area (TPSA) is 17.1 Å². The molecule has 0 saturated carbocycles. The zero-order valence-corrected chi connectivity index (χ0v) is 18.4. The van der Waals surface area contributed by atoms with Gasteiger partial charge in [-0.2, -0.15) is 0 Å². The number of carbonyl (C=O) groups is 1. The van der Waals surface area contributed by atoms with Crippen molar-refractivity contribution in [1.82, 2.24) is 0 Å². The van der Waals surface area contributed by atoms with Gasteiger partial charge in [0.25, 0.3) is 0 Å². The van der Waals surface area contributed by atoms with Crippen molar-refractivity contribution in [2.45, 2.75) is 45.4 Å². The van der Waals surface area contributed by atoms with Crippen LogP contribution in [-0.4, -0.2) is 43.0 Å². The van der Waals surface area contributed by atoms with Gasteiger partial charge in [-0.25, -0.2) is 0 Å². The Bertz CT molecular complexity index is 521. The van der Waals surface area contributed by atoms with Crippen molar-refractivity contribution in [3.05, 3.63) is 35.9 Å². The maximum atomic E-state index is 12.0. The molecule has 26 heavy (non-hydrogen) atoms. The zero-order valence-electron chi connectivity index (χ0n) is 15.1. The molecule has 0 fully saturated rings. The molecule has 1 unspecified atom stereocenters. The molecule has 0 heterocycles. The molecule has 0 saturated heterocycles. The Kier molecular flexibility index (Phi) is 10.1. The molecule has 0 aliphatic rings. The average Bonchev–Trinajstić information content (AvgIpc) is 2.48. The van der Waals surface area contributed by atoms with Crippen LogP contribution in [0.25, 0.3) is 0 Å². The van der Waals surface area contributed by atoms with E-state index in [4.69, 9.17) is 0 Å². The summed E-state index contributed by atoms with van der Waals surface area (Å²) < 4.78 is 59.6. The van der Waals surface area contributed by atoms with Crippen molar-refractivity contribution in [1.29, 1.82) is 0 Å². The van der Waals surface area contributed by atoms with E-state index in [0.29, 0.717) is 5.78 Å². The van der Waals surface area contributed by atoms with Gasteiger partial charge in [0.05, 0.1) is 6.26 Å². The van der Waals surface area contributed by atoms with E-state index in [0.717, 1.165) is 11.3 Å². The van der Waals surface area contributed by atoms with Gasteiger partial charge in [0, 0.05) is 5.56 Å². The van der Waals surface area contributed by atoms with Gasteiger partial charge in [-0.05, 0) is 23.7 Å². The van der Waals surface area contributed by atoms with Crippen LogP contribution in [0.4, 0.5) is 16.9 Å². The Balaban J connectivity index is 0.000000758. The van der Waals surface area contributed by atoms with E-state index < -0.39 is 19.5 Å². The number of ketones is 1. The summed E-state index contributed by atoms with van der Waals surface area (Å²) >= 11 is -11.2. The SMILES string of the molecule is CCCCCCCC[S+](C)CC(=O)c1ccccc1.[F][Sb-]([F])([F])([F])([F])[F]. The summed E-state index contributed by atoms with van der Waals surface area (Å²) in [5.74, 6) is 2.24. The molecular weight excluding hydrogens is 488 g/mol. The van der Waals surface area contributed by atoms with Crippen LogP contribution in [0.5, 0.6) is 0 Å². The molecule has 154 valence electrons. The van der Waals surface area contributed by atoms with E-state index in [1.165, 1.54) is 44.3 Å². The van der Waals surface area contributed by atoms with E-state index in [9.17, 15) is 21.7 Å². The van der Waals surface area contributed by atoms with Crippen molar-refractivity contribution in [3.8, 4) is 0 Å². The number of benzene rings is 1. The Labute approximate surface area is 156 Å². The Morgan fingerprint density at radius 1 is 0.885 bits per heavy atom. The minimum absolute atomic E-state index is 0.243. The number of hydrogen-bond donors (Lipinski definition) is 0. The number of rotatable bonds is 10. The summed E-state index contributed by atoms with van der Waals surface area (Å²) in [5.41, 5.74) is 0.866. The Morgan fingerprint density at radius 3 is 1.85 bits per heavy atom. The predicted molar refractivity (Wildman–Crippen MR) is 99.6 cm³/mol. The average molecular weight is 515 g/mol. The van der Waals surface area contributed by atoms with Crippen LogP contribution in [0.3, 0.4) is 0 Å². The van der Waals surface area contributed by atoms with E-state index in [1.54, 1.807) is 0 Å². The standard InChI is InChI=1S/C17H27OS.6FH.Sb/c1-3-4-5-6-7-11-14-19(2)15-17(18)16-12-9-8-10-13-16;;;;;;;/h8-10,12-13H,3-7,11,14-15H2,1-2H3;6*1H;/q+1;;;;;;;+5/p-6. The van der Waals surface area contributed by atoms with Gasteiger partial charge in [0.2, 0.25) is 5.78 Å². The van der Waals surface area contributed by atoms with Gasteiger partial charge in [-0.1, -0.05) is 62.9 Å². The van der Waals surface area contributed by atoms with Crippen LogP contribution in [0, 0.1) is 0 Å². The first-order chi connectivity index (χ1) is 11.7. The van der Waals surface area contributed by atoms with Crippen molar-refractivity contribution in [3.63, 3.8) is 0 Å². The fourth-order valence-corrected chi connectivity index (χ4v) is 3.59. The van der Waals surface area contributed by atoms with Crippen molar-refractivity contribution in [2.75, 3.05) is 17.8 Å². The molecular formula is C17H27F6OSSb. The number of halogens is 6. The number of hydrogen-bond acceptors (Lipinski definition) is 1. The van der Waals surface area contributed by atoms with Crippen LogP contribution in [0.15, 0.2) is 30.3 Å². The molecule has 0 N–H and O–H groups in total. The Hall–Kier alpha value is -0.362. The van der Waals surface area contributed by atoms with E-state index in [1.807, 2.05) is 30.3 Å². The summed E-state index contributed by atoms with van der Waals surface area (Å²) in [6.45, 7) is 2.25. The molecule has 0 bridgehead atoms. The van der Waals surface area contributed by atoms with Gasteiger partial charge in [0.1, 0.15) is 5.75 Å². The van der Waals surface area contributed by atoms with Gasteiger partial charge < -0.3 is 0 Å². The van der Waals surface area contributed by atoms with Crippen molar-refractivity contribution in [2.24, 2.45) is 0 Å². The molecule has 0 amide bonds. The molecule has 0 aliphatic carbocycles. The van der Waals surface area contributed by atoms with Gasteiger partial charge >= 0.3 is 36.4 Å². The van der Waals surface area contributed by atoms with Gasteiger partial charge in [0.15, 0.2) is 5.75 Å². The van der Waals surface area contributed by atoms with Crippen LogP contribution < -0.4 is 0 Å². The number of Topliss-reactive ketones (excluding diaryl/α,β-unsaturated/α-hetero) is 1. The zero-order chi connectivity index (χ0) is 20.3. The van der Waals surface area contributed by atoms with Crippen molar-refractivity contribution >= 4 is 36.2 Å². The fourth-order valence-electron chi connectivity index (χ4n) is 2.13. The second kappa shape index (κ2) is 10.3. The summed E-state index contributed by atoms with van der Waals surface area (Å²) in [4.78, 5) is 12.0. The first-order valence-corrected chi connectivity index (χ1v) is 16.2. The third-order valence-corrected chi connectivity index (χ3v) is 5.06. The second-order valence-electron chi connectivity index (χ2n) is 6.15. The number of carbonyl (C=O) groups excluding carboxylic acids is 1. The second-order valence-corrected chi connectivity index (χ2v) is 13.9. The van der Waals surface area contributed by atoms with Gasteiger partial charge in [-0.15, -0.1) is 0 Å². The summed E-state index contributed by atoms with van der Waals surface area (Å²) in [5, 5.41) is 0. The molecule has 0 aliphatic heterocycles. The first kappa shape index (κ1) is 25.6. The van der Waals surface area contributed by atoms with E-state index in [2.05, 4.69) is 13.2 Å². The summed E-state index contributed by atoms with van der Waals surface area (Å²) in [7, 11) is 0.243. The van der Waals surface area contributed by atoms with Gasteiger partial charge in [-0.3, -0.25) is 4.79 Å². The quantitative estimate of drug-likeness (QED) is 0.113. The van der Waals surface area contributed by atoms with Crippen LogP contribution in [-0.2, 0) is 10.9 Å². The van der Waals surface area contributed by atoms with Crippen LogP contribution in [0.1, 0.15) is 55.8 Å². The molecule has 1 aromatic carbocycles. The third-order valence-electron chi connectivity index (χ3n) is 3.32. The molecule has 1 aromatic rings. The molecule has 1 nitrogen and oxygen atoms in total. The molecule has 0 aromatic heterocycles. The van der Waals surface area contributed by atoms with Crippen LogP contribution in [0.2, 0.25) is 0 Å². The molecule has 1 atom stereocenters.